The van der Waals surface area contributed by atoms with Gasteiger partial charge in [-0.1, -0.05) is 29.3 Å². The van der Waals surface area contributed by atoms with Crippen LogP contribution in [0.5, 0.6) is 0 Å². The maximum Gasteiger partial charge on any atom is 0.417 e. The molecule has 0 aliphatic heterocycles. The van der Waals surface area contributed by atoms with Crippen molar-refractivity contribution in [3.63, 3.8) is 0 Å². The standard InChI is InChI=1S/C23H19ClF3N3O4S/c1-14-2-9-18(10-3-14)35(33,34)30(17-8-11-20(24)19(12-17)23(25,26)27)13-21(31)29-16-6-4-15(5-7-16)22(28)32/h2-12H,13H2,1H3,(H2,28,32)(H,29,31). The van der Waals surface area contributed by atoms with Crippen LogP contribution in [0.2, 0.25) is 5.02 Å². The van der Waals surface area contributed by atoms with Crippen LogP contribution in [0.3, 0.4) is 0 Å². The molecule has 0 heterocycles. The number of aryl methyl sites for hydroxylation is 1. The molecule has 7 nitrogen and oxygen atoms in total. The van der Waals surface area contributed by atoms with Crippen molar-refractivity contribution in [2.24, 2.45) is 5.73 Å². The Morgan fingerprint density at radius 2 is 1.60 bits per heavy atom. The minimum Gasteiger partial charge on any atom is -0.366 e. The number of hydrogen-bond acceptors (Lipinski definition) is 4. The Labute approximate surface area is 204 Å². The first-order chi connectivity index (χ1) is 16.3. The van der Waals surface area contributed by atoms with Crippen LogP contribution in [0.15, 0.2) is 71.6 Å². The van der Waals surface area contributed by atoms with Crippen LogP contribution in [-0.2, 0) is 21.0 Å². The molecule has 2 amide bonds. The number of halogens is 4. The maximum atomic E-state index is 13.4. The Bertz CT molecular complexity index is 1360. The number of benzene rings is 3. The second-order valence-corrected chi connectivity index (χ2v) is 9.75. The highest BCUT2D eigenvalue weighted by Gasteiger charge is 2.35. The Hall–Kier alpha value is -3.57. The van der Waals surface area contributed by atoms with Crippen LogP contribution >= 0.6 is 11.6 Å². The lowest BCUT2D eigenvalue weighted by Gasteiger charge is -2.25. The summed E-state index contributed by atoms with van der Waals surface area (Å²) in [4.78, 5) is 23.7. The highest BCUT2D eigenvalue weighted by Crippen LogP contribution is 2.38. The largest absolute Gasteiger partial charge is 0.417 e. The van der Waals surface area contributed by atoms with Crippen LogP contribution in [0.4, 0.5) is 24.5 Å². The second-order valence-electron chi connectivity index (χ2n) is 7.48. The number of amides is 2. The predicted molar refractivity (Wildman–Crippen MR) is 126 cm³/mol. The van der Waals surface area contributed by atoms with Crippen LogP contribution in [0, 0.1) is 6.92 Å². The quantitative estimate of drug-likeness (QED) is 0.470. The summed E-state index contributed by atoms with van der Waals surface area (Å²) in [7, 11) is -4.45. The zero-order valence-electron chi connectivity index (χ0n) is 18.1. The summed E-state index contributed by atoms with van der Waals surface area (Å²) in [6.07, 6.45) is -4.85. The van der Waals surface area contributed by atoms with Gasteiger partial charge in [-0.2, -0.15) is 13.2 Å². The first-order valence-corrected chi connectivity index (χ1v) is 11.8. The van der Waals surface area contributed by atoms with Gasteiger partial charge in [0.2, 0.25) is 11.8 Å². The van der Waals surface area contributed by atoms with Gasteiger partial charge < -0.3 is 11.1 Å². The molecule has 3 N–H and O–H groups in total. The van der Waals surface area contributed by atoms with Crippen molar-refractivity contribution < 1.29 is 31.2 Å². The van der Waals surface area contributed by atoms with Crippen LogP contribution in [0.1, 0.15) is 21.5 Å². The molecule has 0 radical (unpaired) electrons. The van der Waals surface area contributed by atoms with Crippen molar-refractivity contribution in [2.75, 3.05) is 16.2 Å². The molecule has 0 spiro atoms. The average molecular weight is 526 g/mol. The van der Waals surface area contributed by atoms with E-state index in [2.05, 4.69) is 5.32 Å². The van der Waals surface area contributed by atoms with Gasteiger partial charge in [0.25, 0.3) is 10.0 Å². The van der Waals surface area contributed by atoms with E-state index in [0.717, 1.165) is 17.7 Å². The normalized spacial score (nSPS) is 11.7. The van der Waals surface area contributed by atoms with Crippen molar-refractivity contribution in [3.8, 4) is 0 Å². The fourth-order valence-electron chi connectivity index (χ4n) is 3.09. The van der Waals surface area contributed by atoms with Crippen molar-refractivity contribution >= 4 is 44.8 Å². The summed E-state index contributed by atoms with van der Waals surface area (Å²) in [5.41, 5.74) is 4.70. The topological polar surface area (TPSA) is 110 Å². The number of rotatable bonds is 7. The molecule has 0 atom stereocenters. The monoisotopic (exact) mass is 525 g/mol. The molecular formula is C23H19ClF3N3O4S. The first kappa shape index (κ1) is 26.0. The van der Waals surface area contributed by atoms with Crippen molar-refractivity contribution in [3.05, 3.63) is 88.4 Å². The molecule has 3 aromatic carbocycles. The third kappa shape index (κ3) is 6.11. The number of carbonyl (C=O) groups excluding carboxylic acids is 2. The Morgan fingerprint density at radius 3 is 2.14 bits per heavy atom. The number of carbonyl (C=O) groups is 2. The predicted octanol–water partition coefficient (Wildman–Crippen LogP) is 4.60. The number of hydrogen-bond donors (Lipinski definition) is 2. The Kier molecular flexibility index (Phi) is 7.41. The summed E-state index contributed by atoms with van der Waals surface area (Å²) in [6, 6.07) is 13.7. The molecule has 0 saturated heterocycles. The molecule has 184 valence electrons. The molecule has 0 saturated carbocycles. The molecule has 0 aromatic heterocycles. The summed E-state index contributed by atoms with van der Waals surface area (Å²) >= 11 is 5.68. The van der Waals surface area contributed by atoms with Gasteiger partial charge >= 0.3 is 6.18 Å². The number of nitrogens with two attached hydrogens (primary N) is 1. The maximum absolute atomic E-state index is 13.4. The highest BCUT2D eigenvalue weighted by atomic mass is 35.5. The summed E-state index contributed by atoms with van der Waals surface area (Å²) in [5.74, 6) is -1.52. The fourth-order valence-corrected chi connectivity index (χ4v) is 4.72. The van der Waals surface area contributed by atoms with E-state index in [4.69, 9.17) is 17.3 Å². The van der Waals surface area contributed by atoms with Gasteiger partial charge in [0, 0.05) is 11.3 Å². The lowest BCUT2D eigenvalue weighted by Crippen LogP contribution is -2.38. The van der Waals surface area contributed by atoms with E-state index < -0.39 is 50.8 Å². The van der Waals surface area contributed by atoms with E-state index in [1.54, 1.807) is 6.92 Å². The number of sulfonamides is 1. The average Bonchev–Trinajstić information content (AvgIpc) is 2.78. The minimum absolute atomic E-state index is 0.187. The van der Waals surface area contributed by atoms with E-state index in [1.807, 2.05) is 0 Å². The molecule has 3 rings (SSSR count). The Morgan fingerprint density at radius 1 is 1.00 bits per heavy atom. The zero-order chi connectivity index (χ0) is 26.0. The smallest absolute Gasteiger partial charge is 0.366 e. The number of nitrogens with one attached hydrogen (secondary N) is 1. The van der Waals surface area contributed by atoms with Gasteiger partial charge in [-0.25, -0.2) is 8.42 Å². The van der Waals surface area contributed by atoms with Crippen molar-refractivity contribution in [2.45, 2.75) is 18.0 Å². The van der Waals surface area contributed by atoms with Gasteiger partial charge in [-0.15, -0.1) is 0 Å². The van der Waals surface area contributed by atoms with Gasteiger partial charge in [0.15, 0.2) is 0 Å². The molecule has 35 heavy (non-hydrogen) atoms. The summed E-state index contributed by atoms with van der Waals surface area (Å²) in [5, 5.41) is 1.83. The van der Waals surface area contributed by atoms with Crippen LogP contribution in [0.25, 0.3) is 0 Å². The van der Waals surface area contributed by atoms with E-state index in [9.17, 15) is 31.2 Å². The van der Waals surface area contributed by atoms with Gasteiger partial charge in [0.1, 0.15) is 6.54 Å². The van der Waals surface area contributed by atoms with E-state index in [0.29, 0.717) is 10.4 Å². The van der Waals surface area contributed by atoms with E-state index in [-0.39, 0.29) is 16.1 Å². The molecule has 0 unspecified atom stereocenters. The van der Waals surface area contributed by atoms with E-state index in [1.165, 1.54) is 48.5 Å². The lowest BCUT2D eigenvalue weighted by molar-refractivity contribution is -0.137. The molecule has 0 fully saturated rings. The number of nitrogens with zero attached hydrogens (tertiary/aromatic N) is 1. The molecule has 0 aliphatic rings. The third-order valence-electron chi connectivity index (χ3n) is 4.89. The molecule has 0 bridgehead atoms. The number of alkyl halides is 3. The molecule has 3 aromatic rings. The van der Waals surface area contributed by atoms with Crippen LogP contribution < -0.4 is 15.4 Å². The van der Waals surface area contributed by atoms with Gasteiger partial charge in [-0.3, -0.25) is 13.9 Å². The minimum atomic E-state index is -4.85. The Balaban J connectivity index is 2.01. The third-order valence-corrected chi connectivity index (χ3v) is 7.01. The number of anilines is 2. The first-order valence-electron chi connectivity index (χ1n) is 9.95. The number of primary amides is 1. The second kappa shape index (κ2) is 9.96. The van der Waals surface area contributed by atoms with Gasteiger partial charge in [0.05, 0.1) is 21.2 Å². The summed E-state index contributed by atoms with van der Waals surface area (Å²) in [6.45, 7) is 0.895. The van der Waals surface area contributed by atoms with Crippen molar-refractivity contribution in [1.29, 1.82) is 0 Å². The zero-order valence-corrected chi connectivity index (χ0v) is 19.7. The molecular weight excluding hydrogens is 507 g/mol. The summed E-state index contributed by atoms with van der Waals surface area (Å²) < 4.78 is 67.6. The molecule has 0 aliphatic carbocycles. The fraction of sp³-hybridized carbons (Fsp3) is 0.130. The highest BCUT2D eigenvalue weighted by molar-refractivity contribution is 7.92. The SMILES string of the molecule is Cc1ccc(S(=O)(=O)N(CC(=O)Nc2ccc(C(N)=O)cc2)c2ccc(Cl)c(C(F)(F)F)c2)cc1. The van der Waals surface area contributed by atoms with E-state index >= 15 is 0 Å². The molecule has 12 heteroatoms. The van der Waals surface area contributed by atoms with Crippen molar-refractivity contribution in [1.82, 2.24) is 0 Å². The van der Waals surface area contributed by atoms with Gasteiger partial charge in [-0.05, 0) is 61.5 Å². The van der Waals surface area contributed by atoms with Crippen LogP contribution in [-0.4, -0.2) is 26.8 Å². The lowest BCUT2D eigenvalue weighted by atomic mass is 10.2.